The molecule has 0 aliphatic carbocycles. The summed E-state index contributed by atoms with van der Waals surface area (Å²) in [6.45, 7) is 1.28. The van der Waals surface area contributed by atoms with E-state index in [0.717, 1.165) is 10.4 Å². The number of anilines is 1. The second-order valence-corrected chi connectivity index (χ2v) is 7.98. The molecule has 3 aromatic rings. The molecule has 3 rings (SSSR count). The minimum absolute atomic E-state index is 0.109. The lowest BCUT2D eigenvalue weighted by Gasteiger charge is -2.24. The molecule has 10 heteroatoms. The highest BCUT2D eigenvalue weighted by Gasteiger charge is 2.23. The van der Waals surface area contributed by atoms with Crippen LogP contribution in [-0.4, -0.2) is 24.4 Å². The second kappa shape index (κ2) is 8.01. The van der Waals surface area contributed by atoms with E-state index in [9.17, 15) is 21.6 Å². The van der Waals surface area contributed by atoms with Crippen LogP contribution in [0.15, 0.2) is 52.9 Å². The molecule has 0 radical (unpaired) electrons. The number of sulfonamides is 1. The van der Waals surface area contributed by atoms with Gasteiger partial charge in [0, 0.05) is 11.1 Å². The van der Waals surface area contributed by atoms with Gasteiger partial charge in [-0.05, 0) is 31.2 Å². The normalized spacial score (nSPS) is 11.8. The van der Waals surface area contributed by atoms with E-state index >= 15 is 0 Å². The number of nitrogens with zero attached hydrogens (tertiary/aromatic N) is 3. The molecule has 0 saturated carbocycles. The van der Waals surface area contributed by atoms with E-state index in [0.29, 0.717) is 5.69 Å². The van der Waals surface area contributed by atoms with Crippen molar-refractivity contribution in [1.29, 1.82) is 0 Å². The van der Waals surface area contributed by atoms with E-state index in [1.165, 1.54) is 19.1 Å². The van der Waals surface area contributed by atoms with Gasteiger partial charge in [-0.1, -0.05) is 24.3 Å². The smallest absolute Gasteiger partial charge is 0.314 e. The first-order valence-corrected chi connectivity index (χ1v) is 9.88. The topological polar surface area (TPSA) is 76.3 Å². The van der Waals surface area contributed by atoms with Crippen LogP contribution in [0.1, 0.15) is 24.8 Å². The molecular weight excluding hydrogens is 395 g/mol. The van der Waals surface area contributed by atoms with Gasteiger partial charge in [0.1, 0.15) is 5.82 Å². The molecule has 0 fully saturated rings. The van der Waals surface area contributed by atoms with Crippen LogP contribution >= 0.6 is 0 Å². The molecule has 0 atom stereocenters. The minimum atomic E-state index is -3.65. The summed E-state index contributed by atoms with van der Waals surface area (Å²) in [5.74, 6) is -1.98. The molecule has 1 aromatic heterocycles. The van der Waals surface area contributed by atoms with Crippen molar-refractivity contribution in [2.75, 3.05) is 10.1 Å². The third-order valence-corrected chi connectivity index (χ3v) is 5.73. The van der Waals surface area contributed by atoms with Crippen LogP contribution in [0.5, 0.6) is 0 Å². The molecule has 0 spiro atoms. The number of rotatable bonds is 7. The second-order valence-electron chi connectivity index (χ2n) is 5.80. The number of para-hydroxylation sites is 1. The van der Waals surface area contributed by atoms with Crippen LogP contribution in [0, 0.1) is 5.82 Å². The summed E-state index contributed by atoms with van der Waals surface area (Å²) in [4.78, 5) is 0. The van der Waals surface area contributed by atoms with Gasteiger partial charge in [-0.3, -0.25) is 4.31 Å². The molecule has 148 valence electrons. The fourth-order valence-corrected chi connectivity index (χ4v) is 3.59. The van der Waals surface area contributed by atoms with Crippen LogP contribution < -0.4 is 4.31 Å². The Balaban J connectivity index is 1.92. The van der Waals surface area contributed by atoms with Crippen LogP contribution in [0.25, 0.3) is 11.5 Å². The predicted molar refractivity (Wildman–Crippen MR) is 96.7 cm³/mol. The Bertz CT molecular complexity index is 1060. The maximum absolute atomic E-state index is 14.6. The average molecular weight is 411 g/mol. The van der Waals surface area contributed by atoms with Crippen LogP contribution in [-0.2, 0) is 16.6 Å². The summed E-state index contributed by atoms with van der Waals surface area (Å²) in [7, 11) is -3.65. The van der Waals surface area contributed by atoms with E-state index in [2.05, 4.69) is 10.2 Å². The number of hydrogen-bond donors (Lipinski definition) is 0. The van der Waals surface area contributed by atoms with Crippen molar-refractivity contribution in [1.82, 2.24) is 10.2 Å². The van der Waals surface area contributed by atoms with Crippen molar-refractivity contribution in [3.63, 3.8) is 0 Å². The lowest BCUT2D eigenvalue weighted by Crippen LogP contribution is -2.32. The van der Waals surface area contributed by atoms with E-state index in [4.69, 9.17) is 4.42 Å². The van der Waals surface area contributed by atoms with Crippen molar-refractivity contribution in [2.45, 2.75) is 19.9 Å². The van der Waals surface area contributed by atoms with Gasteiger partial charge in [-0.15, -0.1) is 10.2 Å². The Morgan fingerprint density at radius 3 is 2.39 bits per heavy atom. The maximum Gasteiger partial charge on any atom is 0.314 e. The van der Waals surface area contributed by atoms with Gasteiger partial charge in [0.25, 0.3) is 5.89 Å². The Kier molecular flexibility index (Phi) is 5.68. The largest absolute Gasteiger partial charge is 0.415 e. The molecule has 0 bridgehead atoms. The van der Waals surface area contributed by atoms with E-state index in [1.807, 2.05) is 0 Å². The third kappa shape index (κ3) is 4.16. The van der Waals surface area contributed by atoms with Gasteiger partial charge in [0.05, 0.1) is 18.0 Å². The zero-order valence-electron chi connectivity index (χ0n) is 14.7. The molecular formula is C18H16F3N3O3S. The molecule has 0 N–H and O–H groups in total. The highest BCUT2D eigenvalue weighted by molar-refractivity contribution is 7.92. The highest BCUT2D eigenvalue weighted by Crippen LogP contribution is 2.27. The van der Waals surface area contributed by atoms with Crippen molar-refractivity contribution < 1.29 is 26.0 Å². The summed E-state index contributed by atoms with van der Waals surface area (Å²) in [6, 6.07) is 12.1. The molecule has 6 nitrogen and oxygen atoms in total. The van der Waals surface area contributed by atoms with Crippen molar-refractivity contribution in [3.8, 4) is 11.5 Å². The quantitative estimate of drug-likeness (QED) is 0.583. The number of aromatic nitrogens is 2. The van der Waals surface area contributed by atoms with Gasteiger partial charge in [0.2, 0.25) is 15.9 Å². The zero-order chi connectivity index (χ0) is 20.3. The van der Waals surface area contributed by atoms with Crippen LogP contribution in [0.3, 0.4) is 0 Å². The Hall–Kier alpha value is -2.88. The van der Waals surface area contributed by atoms with Gasteiger partial charge in [-0.2, -0.15) is 8.78 Å². The lowest BCUT2D eigenvalue weighted by atomic mass is 10.1. The molecule has 28 heavy (non-hydrogen) atoms. The third-order valence-electron chi connectivity index (χ3n) is 3.99. The predicted octanol–water partition coefficient (Wildman–Crippen LogP) is 4.17. The summed E-state index contributed by atoms with van der Waals surface area (Å²) < 4.78 is 70.6. The standard InChI is InChI=1S/C18H16F3N3O3S/c1-2-28(25,26)24(14-6-4-3-5-7-14)11-13-9-8-12(10-15(13)19)17-22-23-18(27-17)16(20)21/h3-10,16H,2,11H2,1H3. The average Bonchev–Trinajstić information content (AvgIpc) is 3.18. The highest BCUT2D eigenvalue weighted by atomic mass is 32.2. The zero-order valence-corrected chi connectivity index (χ0v) is 15.5. The Morgan fingerprint density at radius 1 is 1.11 bits per heavy atom. The molecule has 2 aromatic carbocycles. The Labute approximate surface area is 159 Å². The first kappa shape index (κ1) is 19.9. The molecule has 0 saturated heterocycles. The first-order valence-electron chi connectivity index (χ1n) is 8.27. The monoisotopic (exact) mass is 411 g/mol. The number of benzene rings is 2. The Morgan fingerprint density at radius 2 is 1.82 bits per heavy atom. The number of alkyl halides is 2. The number of halogens is 3. The molecule has 0 amide bonds. The summed E-state index contributed by atoms with van der Waals surface area (Å²) >= 11 is 0. The summed E-state index contributed by atoms with van der Waals surface area (Å²) in [5.41, 5.74) is 0.634. The SMILES string of the molecule is CCS(=O)(=O)N(Cc1ccc(-c2nnc(C(F)F)o2)cc1F)c1ccccc1. The van der Waals surface area contributed by atoms with E-state index in [1.54, 1.807) is 30.3 Å². The fourth-order valence-electron chi connectivity index (χ4n) is 2.50. The minimum Gasteiger partial charge on any atom is -0.415 e. The van der Waals surface area contributed by atoms with Crippen LogP contribution in [0.2, 0.25) is 0 Å². The van der Waals surface area contributed by atoms with Crippen LogP contribution in [0.4, 0.5) is 18.9 Å². The van der Waals surface area contributed by atoms with Crippen molar-refractivity contribution >= 4 is 15.7 Å². The molecule has 0 aliphatic rings. The van der Waals surface area contributed by atoms with Crippen molar-refractivity contribution in [3.05, 3.63) is 65.8 Å². The lowest BCUT2D eigenvalue weighted by molar-refractivity contribution is 0.116. The van der Waals surface area contributed by atoms with Gasteiger partial charge < -0.3 is 4.42 Å². The fraction of sp³-hybridized carbons (Fsp3) is 0.222. The van der Waals surface area contributed by atoms with E-state index < -0.39 is 28.2 Å². The van der Waals surface area contributed by atoms with Gasteiger partial charge in [0.15, 0.2) is 0 Å². The van der Waals surface area contributed by atoms with Crippen molar-refractivity contribution in [2.24, 2.45) is 0 Å². The summed E-state index contributed by atoms with van der Waals surface area (Å²) in [6.07, 6.45) is -2.93. The molecule has 0 aliphatic heterocycles. The van der Waals surface area contributed by atoms with Gasteiger partial charge in [-0.25, -0.2) is 12.8 Å². The molecule has 1 heterocycles. The van der Waals surface area contributed by atoms with Gasteiger partial charge >= 0.3 is 6.43 Å². The summed E-state index contributed by atoms with van der Waals surface area (Å²) in [5, 5.41) is 6.67. The van der Waals surface area contributed by atoms with E-state index in [-0.39, 0.29) is 29.3 Å². The maximum atomic E-state index is 14.6. The molecule has 0 unspecified atom stereocenters. The first-order chi connectivity index (χ1) is 13.3. The number of hydrogen-bond acceptors (Lipinski definition) is 5.